The van der Waals surface area contributed by atoms with Crippen LogP contribution in [0.4, 0.5) is 0 Å². The van der Waals surface area contributed by atoms with Gasteiger partial charge in [0.1, 0.15) is 0 Å². The van der Waals surface area contributed by atoms with Crippen LogP contribution in [0.5, 0.6) is 0 Å². The Balaban J connectivity index is 1.85. The molecule has 0 spiro atoms. The van der Waals surface area contributed by atoms with Crippen LogP contribution in [0.15, 0.2) is 4.52 Å². The molecule has 1 atom stereocenters. The zero-order valence-electron chi connectivity index (χ0n) is 9.44. The Hall–Kier alpha value is -0.200. The molecule has 0 saturated carbocycles. The van der Waals surface area contributed by atoms with Crippen molar-refractivity contribution in [2.24, 2.45) is 0 Å². The lowest BCUT2D eigenvalue weighted by Gasteiger charge is -2.16. The second-order valence-corrected chi connectivity index (χ2v) is 6.12. The minimum Gasteiger partial charge on any atom is -0.338 e. The Morgan fingerprint density at radius 1 is 1.50 bits per heavy atom. The van der Waals surface area contributed by atoms with E-state index in [4.69, 9.17) is 4.52 Å². The molecule has 1 N–H and O–H groups in total. The maximum atomic E-state index is 5.22. The summed E-state index contributed by atoms with van der Waals surface area (Å²) >= 11 is 3.90. The highest BCUT2D eigenvalue weighted by Gasteiger charge is 2.21. The van der Waals surface area contributed by atoms with Gasteiger partial charge in [0.05, 0.1) is 11.8 Å². The van der Waals surface area contributed by atoms with Crippen LogP contribution in [0.1, 0.15) is 30.3 Å². The summed E-state index contributed by atoms with van der Waals surface area (Å²) in [6.07, 6.45) is 1.12. The quantitative estimate of drug-likeness (QED) is 0.817. The summed E-state index contributed by atoms with van der Waals surface area (Å²) in [5.41, 5.74) is 0. The van der Waals surface area contributed by atoms with Gasteiger partial charge in [0, 0.05) is 17.3 Å². The van der Waals surface area contributed by atoms with E-state index >= 15 is 0 Å². The second kappa shape index (κ2) is 6.51. The highest BCUT2D eigenvalue weighted by Crippen LogP contribution is 2.34. The number of aromatic nitrogens is 2. The fourth-order valence-electron chi connectivity index (χ4n) is 1.48. The van der Waals surface area contributed by atoms with E-state index in [9.17, 15) is 0 Å². The molecule has 2 heterocycles. The standard InChI is InChI=1S/C10H17N3OS2/c1-2-3-11-6-9-12-10(13-14-9)8-7-15-4-5-16-8/h8,11H,2-7H2,1H3. The first-order valence-electron chi connectivity index (χ1n) is 5.62. The van der Waals surface area contributed by atoms with Gasteiger partial charge in [0.25, 0.3) is 0 Å². The summed E-state index contributed by atoms with van der Waals surface area (Å²) < 4.78 is 5.22. The summed E-state index contributed by atoms with van der Waals surface area (Å²) in [5, 5.41) is 7.74. The summed E-state index contributed by atoms with van der Waals surface area (Å²) in [6, 6.07) is 0. The minimum absolute atomic E-state index is 0.419. The molecule has 0 aliphatic carbocycles. The van der Waals surface area contributed by atoms with Crippen molar-refractivity contribution in [2.45, 2.75) is 25.1 Å². The number of hydrogen-bond acceptors (Lipinski definition) is 6. The van der Waals surface area contributed by atoms with Crippen LogP contribution in [0, 0.1) is 0 Å². The van der Waals surface area contributed by atoms with Gasteiger partial charge in [-0.05, 0) is 13.0 Å². The molecule has 1 aromatic heterocycles. The van der Waals surface area contributed by atoms with Gasteiger partial charge in [0.2, 0.25) is 5.89 Å². The van der Waals surface area contributed by atoms with E-state index in [1.807, 2.05) is 23.5 Å². The highest BCUT2D eigenvalue weighted by atomic mass is 32.2. The van der Waals surface area contributed by atoms with Gasteiger partial charge in [-0.1, -0.05) is 12.1 Å². The molecule has 6 heteroatoms. The molecule has 1 aliphatic rings. The van der Waals surface area contributed by atoms with Crippen molar-refractivity contribution >= 4 is 23.5 Å². The summed E-state index contributed by atoms with van der Waals surface area (Å²) in [4.78, 5) is 4.43. The maximum Gasteiger partial charge on any atom is 0.240 e. The topological polar surface area (TPSA) is 51.0 Å². The van der Waals surface area contributed by atoms with Crippen molar-refractivity contribution in [2.75, 3.05) is 23.8 Å². The Kier molecular flexibility index (Phi) is 4.99. The molecule has 2 rings (SSSR count). The van der Waals surface area contributed by atoms with Crippen molar-refractivity contribution in [1.82, 2.24) is 15.5 Å². The average molecular weight is 259 g/mol. The molecule has 0 radical (unpaired) electrons. The number of rotatable bonds is 5. The largest absolute Gasteiger partial charge is 0.338 e. The molecular formula is C10H17N3OS2. The van der Waals surface area contributed by atoms with Gasteiger partial charge in [-0.2, -0.15) is 16.7 Å². The third-order valence-electron chi connectivity index (χ3n) is 2.29. The predicted octanol–water partition coefficient (Wildman–Crippen LogP) is 2.09. The smallest absolute Gasteiger partial charge is 0.240 e. The number of nitrogens with one attached hydrogen (secondary N) is 1. The molecular weight excluding hydrogens is 242 g/mol. The van der Waals surface area contributed by atoms with Crippen LogP contribution in [0.25, 0.3) is 0 Å². The van der Waals surface area contributed by atoms with E-state index in [0.29, 0.717) is 17.7 Å². The molecule has 1 saturated heterocycles. The molecule has 0 amide bonds. The van der Waals surface area contributed by atoms with Crippen molar-refractivity contribution in [1.29, 1.82) is 0 Å². The highest BCUT2D eigenvalue weighted by molar-refractivity contribution is 8.06. The lowest BCUT2D eigenvalue weighted by Crippen LogP contribution is -2.14. The van der Waals surface area contributed by atoms with Crippen LogP contribution in [0.3, 0.4) is 0 Å². The lowest BCUT2D eigenvalue weighted by molar-refractivity contribution is 0.363. The van der Waals surface area contributed by atoms with Crippen molar-refractivity contribution in [3.63, 3.8) is 0 Å². The number of hydrogen-bond donors (Lipinski definition) is 1. The Morgan fingerprint density at radius 3 is 3.19 bits per heavy atom. The van der Waals surface area contributed by atoms with Gasteiger partial charge in [-0.25, -0.2) is 0 Å². The number of nitrogens with zero attached hydrogens (tertiary/aromatic N) is 2. The Labute approximate surface area is 104 Å². The summed E-state index contributed by atoms with van der Waals surface area (Å²) in [7, 11) is 0. The lowest BCUT2D eigenvalue weighted by atomic mass is 10.4. The van der Waals surface area contributed by atoms with E-state index in [1.54, 1.807) is 0 Å². The van der Waals surface area contributed by atoms with Crippen LogP contribution in [-0.4, -0.2) is 33.9 Å². The molecule has 1 unspecified atom stereocenters. The first kappa shape index (κ1) is 12.3. The van der Waals surface area contributed by atoms with E-state index in [-0.39, 0.29) is 0 Å². The van der Waals surface area contributed by atoms with Crippen LogP contribution in [0.2, 0.25) is 0 Å². The fourth-order valence-corrected chi connectivity index (χ4v) is 4.07. The van der Waals surface area contributed by atoms with Gasteiger partial charge in [-0.15, -0.1) is 11.8 Å². The molecule has 16 heavy (non-hydrogen) atoms. The molecule has 0 aromatic carbocycles. The summed E-state index contributed by atoms with van der Waals surface area (Å²) in [5.74, 6) is 5.11. The molecule has 1 aliphatic heterocycles. The van der Waals surface area contributed by atoms with Crippen molar-refractivity contribution < 1.29 is 4.52 Å². The van der Waals surface area contributed by atoms with Crippen molar-refractivity contribution in [3.05, 3.63) is 11.7 Å². The minimum atomic E-state index is 0.419. The van der Waals surface area contributed by atoms with Gasteiger partial charge < -0.3 is 9.84 Å². The second-order valence-electron chi connectivity index (χ2n) is 3.66. The van der Waals surface area contributed by atoms with Crippen LogP contribution >= 0.6 is 23.5 Å². The van der Waals surface area contributed by atoms with E-state index in [1.165, 1.54) is 11.5 Å². The molecule has 4 nitrogen and oxygen atoms in total. The zero-order chi connectivity index (χ0) is 11.2. The van der Waals surface area contributed by atoms with Crippen LogP contribution < -0.4 is 5.32 Å². The number of thioether (sulfide) groups is 2. The van der Waals surface area contributed by atoms with Crippen LogP contribution in [-0.2, 0) is 6.54 Å². The molecule has 0 bridgehead atoms. The average Bonchev–Trinajstić information content (AvgIpc) is 2.79. The predicted molar refractivity (Wildman–Crippen MR) is 68.8 cm³/mol. The van der Waals surface area contributed by atoms with Gasteiger partial charge >= 0.3 is 0 Å². The molecule has 1 aromatic rings. The van der Waals surface area contributed by atoms with E-state index < -0.39 is 0 Å². The van der Waals surface area contributed by atoms with Gasteiger partial charge in [0.15, 0.2) is 5.82 Å². The normalized spacial score (nSPS) is 21.2. The fraction of sp³-hybridized carbons (Fsp3) is 0.800. The monoisotopic (exact) mass is 259 g/mol. The Morgan fingerprint density at radius 2 is 2.44 bits per heavy atom. The third kappa shape index (κ3) is 3.40. The maximum absolute atomic E-state index is 5.22. The first-order chi connectivity index (χ1) is 7.90. The zero-order valence-corrected chi connectivity index (χ0v) is 11.1. The summed E-state index contributed by atoms with van der Waals surface area (Å²) in [6.45, 7) is 3.82. The van der Waals surface area contributed by atoms with E-state index in [2.05, 4.69) is 22.4 Å². The van der Waals surface area contributed by atoms with Crippen molar-refractivity contribution in [3.8, 4) is 0 Å². The SMILES string of the molecule is CCCNCc1nc(C2CSCCS2)no1. The third-order valence-corrected chi connectivity index (χ3v) is 5.04. The Bertz CT molecular complexity index is 313. The molecule has 1 fully saturated rings. The first-order valence-corrected chi connectivity index (χ1v) is 7.83. The molecule has 90 valence electrons. The van der Waals surface area contributed by atoms with E-state index in [0.717, 1.165) is 24.5 Å². The van der Waals surface area contributed by atoms with Gasteiger partial charge in [-0.3, -0.25) is 0 Å².